The lowest BCUT2D eigenvalue weighted by atomic mass is 10.1. The van der Waals surface area contributed by atoms with E-state index in [1.54, 1.807) is 0 Å². The van der Waals surface area contributed by atoms with E-state index in [1.807, 2.05) is 7.05 Å². The number of benzene rings is 2. The highest BCUT2D eigenvalue weighted by Gasteiger charge is 2.11. The first-order valence-corrected chi connectivity index (χ1v) is 9.66. The van der Waals surface area contributed by atoms with Crippen molar-refractivity contribution in [3.63, 3.8) is 0 Å². The van der Waals surface area contributed by atoms with Crippen molar-refractivity contribution in [3.8, 4) is 5.75 Å². The molecule has 0 aliphatic carbocycles. The van der Waals surface area contributed by atoms with Gasteiger partial charge in [0.2, 0.25) is 0 Å². The highest BCUT2D eigenvalue weighted by molar-refractivity contribution is 14.0. The number of hydrogen-bond donors (Lipinski definition) is 2. The number of fused-ring (bicyclic) bond motifs is 1. The molecule has 0 saturated carbocycles. The third-order valence-corrected chi connectivity index (χ3v) is 4.76. The lowest BCUT2D eigenvalue weighted by molar-refractivity contribution is 0.331. The molecule has 152 valence electrons. The number of hydrogen-bond acceptors (Lipinski definition) is 3. The van der Waals surface area contributed by atoms with Gasteiger partial charge in [-0.05, 0) is 36.2 Å². The predicted molar refractivity (Wildman–Crippen MR) is 127 cm³/mol. The molecule has 0 aromatic heterocycles. The average Bonchev–Trinajstić information content (AvgIpc) is 3.15. The van der Waals surface area contributed by atoms with Crippen LogP contribution in [0.3, 0.4) is 0 Å². The zero-order chi connectivity index (χ0) is 18.9. The van der Waals surface area contributed by atoms with Gasteiger partial charge in [-0.1, -0.05) is 42.5 Å². The van der Waals surface area contributed by atoms with Crippen molar-refractivity contribution in [2.45, 2.75) is 19.4 Å². The molecule has 0 radical (unpaired) electrons. The maximum atomic E-state index is 5.57. The van der Waals surface area contributed by atoms with Crippen molar-refractivity contribution >= 4 is 29.9 Å². The van der Waals surface area contributed by atoms with E-state index in [2.05, 4.69) is 76.1 Å². The fourth-order valence-corrected chi connectivity index (χ4v) is 3.28. The molecule has 0 spiro atoms. The number of aliphatic imine (C=N–C) groups is 1. The topological polar surface area (TPSA) is 48.9 Å². The van der Waals surface area contributed by atoms with Crippen LogP contribution in [0.4, 0.5) is 0 Å². The second-order valence-electron chi connectivity index (χ2n) is 6.94. The summed E-state index contributed by atoms with van der Waals surface area (Å²) < 4.78 is 5.57. The number of nitrogens with zero attached hydrogens (tertiary/aromatic N) is 2. The van der Waals surface area contributed by atoms with Crippen molar-refractivity contribution in [1.82, 2.24) is 15.5 Å². The minimum atomic E-state index is 0. The van der Waals surface area contributed by atoms with E-state index in [0.717, 1.165) is 57.3 Å². The molecule has 5 nitrogen and oxygen atoms in total. The Balaban J connectivity index is 0.00000280. The van der Waals surface area contributed by atoms with Crippen LogP contribution in [0.2, 0.25) is 0 Å². The number of nitrogens with one attached hydrogen (secondary N) is 2. The molecule has 0 amide bonds. The maximum absolute atomic E-state index is 5.57. The van der Waals surface area contributed by atoms with Crippen LogP contribution in [0.25, 0.3) is 0 Å². The van der Waals surface area contributed by atoms with Gasteiger partial charge >= 0.3 is 0 Å². The smallest absolute Gasteiger partial charge is 0.191 e. The fourth-order valence-electron chi connectivity index (χ4n) is 3.28. The molecule has 0 unspecified atom stereocenters. The Morgan fingerprint density at radius 3 is 2.64 bits per heavy atom. The van der Waals surface area contributed by atoms with Gasteiger partial charge < -0.3 is 20.3 Å². The van der Waals surface area contributed by atoms with E-state index in [-0.39, 0.29) is 24.0 Å². The number of halogens is 1. The summed E-state index contributed by atoms with van der Waals surface area (Å²) in [5.74, 6) is 1.90. The molecular weight excluding hydrogens is 463 g/mol. The van der Waals surface area contributed by atoms with Crippen molar-refractivity contribution in [3.05, 3.63) is 65.2 Å². The van der Waals surface area contributed by atoms with E-state index >= 15 is 0 Å². The van der Waals surface area contributed by atoms with Gasteiger partial charge in [-0.3, -0.25) is 4.99 Å². The van der Waals surface area contributed by atoms with Crippen molar-refractivity contribution in [1.29, 1.82) is 0 Å². The Kier molecular flexibility index (Phi) is 9.57. The molecule has 0 bridgehead atoms. The molecule has 1 heterocycles. The van der Waals surface area contributed by atoms with Gasteiger partial charge in [0, 0.05) is 39.6 Å². The lowest BCUT2D eigenvalue weighted by Gasteiger charge is -2.18. The average molecular weight is 494 g/mol. The minimum absolute atomic E-state index is 0. The van der Waals surface area contributed by atoms with Crippen LogP contribution in [0.15, 0.2) is 53.5 Å². The third-order valence-electron chi connectivity index (χ3n) is 4.76. The number of guanidine groups is 1. The van der Waals surface area contributed by atoms with Gasteiger partial charge in [0.25, 0.3) is 0 Å². The van der Waals surface area contributed by atoms with Crippen LogP contribution in [-0.2, 0) is 19.4 Å². The summed E-state index contributed by atoms with van der Waals surface area (Å²) in [4.78, 5) is 6.62. The largest absolute Gasteiger partial charge is 0.493 e. The second-order valence-corrected chi connectivity index (χ2v) is 6.94. The van der Waals surface area contributed by atoms with E-state index in [0.29, 0.717) is 0 Å². The van der Waals surface area contributed by atoms with Gasteiger partial charge in [-0.15, -0.1) is 24.0 Å². The molecular formula is C22H31IN4O. The van der Waals surface area contributed by atoms with Crippen LogP contribution in [0, 0.1) is 0 Å². The summed E-state index contributed by atoms with van der Waals surface area (Å²) in [6.45, 7) is 4.45. The van der Waals surface area contributed by atoms with Gasteiger partial charge in [0.1, 0.15) is 5.75 Å². The van der Waals surface area contributed by atoms with Gasteiger partial charge in [-0.25, -0.2) is 0 Å². The molecule has 1 aliphatic heterocycles. The van der Waals surface area contributed by atoms with Gasteiger partial charge in [-0.2, -0.15) is 0 Å². The van der Waals surface area contributed by atoms with Crippen LogP contribution >= 0.6 is 24.0 Å². The van der Waals surface area contributed by atoms with Crippen molar-refractivity contribution < 1.29 is 4.74 Å². The Morgan fingerprint density at radius 2 is 1.86 bits per heavy atom. The Hall–Kier alpha value is -1.80. The van der Waals surface area contributed by atoms with Crippen LogP contribution < -0.4 is 15.4 Å². The van der Waals surface area contributed by atoms with Crippen LogP contribution in [0.5, 0.6) is 5.75 Å². The first-order valence-electron chi connectivity index (χ1n) is 9.66. The van der Waals surface area contributed by atoms with E-state index in [9.17, 15) is 0 Å². The highest BCUT2D eigenvalue weighted by atomic mass is 127. The second kappa shape index (κ2) is 11.9. The molecule has 2 aromatic rings. The molecule has 0 atom stereocenters. The summed E-state index contributed by atoms with van der Waals surface area (Å²) in [6.07, 6.45) is 2.00. The van der Waals surface area contributed by atoms with Crippen LogP contribution in [-0.4, -0.2) is 51.2 Å². The molecule has 2 aromatic carbocycles. The normalized spacial score (nSPS) is 12.9. The Labute approximate surface area is 185 Å². The van der Waals surface area contributed by atoms with Crippen LogP contribution in [0.1, 0.15) is 16.7 Å². The van der Waals surface area contributed by atoms with E-state index in [1.165, 1.54) is 16.7 Å². The highest BCUT2D eigenvalue weighted by Crippen LogP contribution is 2.25. The van der Waals surface area contributed by atoms with Crippen molar-refractivity contribution in [2.75, 3.05) is 40.3 Å². The van der Waals surface area contributed by atoms with Gasteiger partial charge in [0.05, 0.1) is 6.61 Å². The zero-order valence-electron chi connectivity index (χ0n) is 16.8. The quantitative estimate of drug-likeness (QED) is 0.337. The molecule has 28 heavy (non-hydrogen) atoms. The number of rotatable bonds is 8. The maximum Gasteiger partial charge on any atom is 0.191 e. The van der Waals surface area contributed by atoms with Crippen molar-refractivity contribution in [2.24, 2.45) is 4.99 Å². The SMILES string of the molecule is CN=C(NCCc1ccc2c(c1)CCO2)NCCN(C)Cc1ccccc1.I. The third kappa shape index (κ3) is 6.98. The number of ether oxygens (including phenoxy) is 1. The first kappa shape index (κ1) is 22.5. The molecule has 6 heteroatoms. The first-order chi connectivity index (χ1) is 13.2. The van der Waals surface area contributed by atoms with E-state index in [4.69, 9.17) is 4.74 Å². The fraction of sp³-hybridized carbons (Fsp3) is 0.409. The molecule has 2 N–H and O–H groups in total. The standard InChI is InChI=1S/C22H30N4O.HI/c1-23-22(25-13-14-26(2)17-19-6-4-3-5-7-19)24-12-10-18-8-9-21-20(16-18)11-15-27-21;/h3-9,16H,10-15,17H2,1-2H3,(H2,23,24,25);1H. The summed E-state index contributed by atoms with van der Waals surface area (Å²) in [5, 5.41) is 6.79. The Bertz CT molecular complexity index is 751. The summed E-state index contributed by atoms with van der Waals surface area (Å²) in [7, 11) is 3.96. The molecule has 0 fully saturated rings. The summed E-state index contributed by atoms with van der Waals surface area (Å²) in [5.41, 5.74) is 4.00. The summed E-state index contributed by atoms with van der Waals surface area (Å²) in [6, 6.07) is 17.1. The molecule has 3 rings (SSSR count). The monoisotopic (exact) mass is 494 g/mol. The lowest BCUT2D eigenvalue weighted by Crippen LogP contribution is -2.41. The van der Waals surface area contributed by atoms with Gasteiger partial charge in [0.15, 0.2) is 5.96 Å². The van der Waals surface area contributed by atoms with E-state index < -0.39 is 0 Å². The predicted octanol–water partition coefficient (Wildman–Crippen LogP) is 3.08. The zero-order valence-corrected chi connectivity index (χ0v) is 19.1. The molecule has 0 saturated heterocycles. The molecule has 1 aliphatic rings. The summed E-state index contributed by atoms with van der Waals surface area (Å²) >= 11 is 0. The number of likely N-dealkylation sites (N-methyl/N-ethyl adjacent to an activating group) is 1. The Morgan fingerprint density at radius 1 is 1.07 bits per heavy atom. The minimum Gasteiger partial charge on any atom is -0.493 e.